The maximum atomic E-state index is 14.1. The zero-order valence-corrected chi connectivity index (χ0v) is 19.6. The third-order valence-corrected chi connectivity index (χ3v) is 7.05. The number of aromatic nitrogens is 1. The van der Waals surface area contributed by atoms with Gasteiger partial charge in [0.1, 0.15) is 0 Å². The standard InChI is InChI=1S/C23H27F3N2O5S/c1-23(30,22(25)26)20(24)21(29)28-11-9-15(10-12-28)14-33-19-8-5-17(13-27-19)16-3-6-18(7-4-16)34(2,31)32/h3-8,13,15,20,22,30H,9-12,14H2,1-2H3. The summed E-state index contributed by atoms with van der Waals surface area (Å²) in [7, 11) is -3.27. The fourth-order valence-electron chi connectivity index (χ4n) is 3.58. The van der Waals surface area contributed by atoms with E-state index in [4.69, 9.17) is 4.74 Å². The lowest BCUT2D eigenvalue weighted by atomic mass is 9.95. The van der Waals surface area contributed by atoms with E-state index >= 15 is 0 Å². The number of likely N-dealkylation sites (tertiary alicyclic amines) is 1. The average Bonchev–Trinajstić information content (AvgIpc) is 2.82. The molecule has 1 amide bonds. The van der Waals surface area contributed by atoms with Crippen LogP contribution >= 0.6 is 0 Å². The van der Waals surface area contributed by atoms with Crippen LogP contribution in [0.2, 0.25) is 0 Å². The Morgan fingerprint density at radius 1 is 1.15 bits per heavy atom. The number of rotatable bonds is 8. The van der Waals surface area contributed by atoms with Crippen LogP contribution in [0.1, 0.15) is 19.8 Å². The molecule has 2 atom stereocenters. The molecule has 1 aromatic heterocycles. The molecule has 34 heavy (non-hydrogen) atoms. The molecule has 2 aromatic rings. The van der Waals surface area contributed by atoms with Crippen LogP contribution in [0.25, 0.3) is 11.1 Å². The molecule has 11 heteroatoms. The van der Waals surface area contributed by atoms with E-state index in [1.807, 2.05) is 0 Å². The number of ether oxygens (including phenoxy) is 1. The fourth-order valence-corrected chi connectivity index (χ4v) is 4.21. The number of carbonyl (C=O) groups is 1. The van der Waals surface area contributed by atoms with Gasteiger partial charge in [-0.3, -0.25) is 4.79 Å². The number of carbonyl (C=O) groups excluding carboxylic acids is 1. The van der Waals surface area contributed by atoms with Crippen LogP contribution in [-0.2, 0) is 14.6 Å². The number of amides is 1. The van der Waals surface area contributed by atoms with Crippen molar-refractivity contribution >= 4 is 15.7 Å². The van der Waals surface area contributed by atoms with Crippen LogP contribution in [0.5, 0.6) is 5.88 Å². The van der Waals surface area contributed by atoms with Crippen molar-refractivity contribution in [2.24, 2.45) is 5.92 Å². The highest BCUT2D eigenvalue weighted by atomic mass is 32.2. The maximum absolute atomic E-state index is 14.1. The Hall–Kier alpha value is -2.66. The molecule has 1 fully saturated rings. The number of nitrogens with zero attached hydrogens (tertiary/aromatic N) is 2. The Morgan fingerprint density at radius 2 is 1.74 bits per heavy atom. The molecule has 1 saturated heterocycles. The zero-order valence-electron chi connectivity index (χ0n) is 18.8. The van der Waals surface area contributed by atoms with Gasteiger partial charge in [-0.25, -0.2) is 26.6 Å². The van der Waals surface area contributed by atoms with E-state index in [0.29, 0.717) is 32.3 Å². The van der Waals surface area contributed by atoms with E-state index < -0.39 is 33.9 Å². The van der Waals surface area contributed by atoms with E-state index in [0.717, 1.165) is 22.3 Å². The Morgan fingerprint density at radius 3 is 2.24 bits per heavy atom. The number of hydrogen-bond acceptors (Lipinski definition) is 6. The zero-order chi connectivity index (χ0) is 25.1. The summed E-state index contributed by atoms with van der Waals surface area (Å²) in [6.07, 6.45) is -2.30. The van der Waals surface area contributed by atoms with Crippen LogP contribution in [0.3, 0.4) is 0 Å². The summed E-state index contributed by atoms with van der Waals surface area (Å²) in [6, 6.07) is 9.96. The molecule has 7 nitrogen and oxygen atoms in total. The third kappa shape index (κ3) is 6.06. The van der Waals surface area contributed by atoms with Gasteiger partial charge < -0.3 is 14.7 Å². The summed E-state index contributed by atoms with van der Waals surface area (Å²) in [5.74, 6) is -0.666. The van der Waals surface area contributed by atoms with E-state index in [1.54, 1.807) is 30.5 Å². The fraction of sp³-hybridized carbons (Fsp3) is 0.478. The lowest BCUT2D eigenvalue weighted by Gasteiger charge is -2.35. The topological polar surface area (TPSA) is 96.8 Å². The lowest BCUT2D eigenvalue weighted by Crippen LogP contribution is -2.54. The Labute approximate surface area is 196 Å². The van der Waals surface area contributed by atoms with E-state index in [2.05, 4.69) is 4.98 Å². The summed E-state index contributed by atoms with van der Waals surface area (Å²) in [4.78, 5) is 17.8. The number of alkyl halides is 3. The summed E-state index contributed by atoms with van der Waals surface area (Å²) in [5.41, 5.74) is -1.43. The van der Waals surface area contributed by atoms with Crippen molar-refractivity contribution in [1.29, 1.82) is 0 Å². The summed E-state index contributed by atoms with van der Waals surface area (Å²) in [5, 5.41) is 9.54. The average molecular weight is 501 g/mol. The Bertz CT molecular complexity index is 1080. The predicted molar refractivity (Wildman–Crippen MR) is 119 cm³/mol. The van der Waals surface area contributed by atoms with E-state index in [1.165, 1.54) is 12.1 Å². The SMILES string of the molecule is CC(O)(C(F)F)C(F)C(=O)N1CCC(COc2ccc(-c3ccc(S(C)(=O)=O)cc3)cn2)CC1. The molecule has 186 valence electrons. The molecule has 0 saturated carbocycles. The van der Waals surface area contributed by atoms with Crippen molar-refractivity contribution in [3.05, 3.63) is 42.6 Å². The second-order valence-corrected chi connectivity index (χ2v) is 10.7. The van der Waals surface area contributed by atoms with Gasteiger partial charge in [-0.15, -0.1) is 0 Å². The smallest absolute Gasteiger partial charge is 0.269 e. The van der Waals surface area contributed by atoms with Gasteiger partial charge >= 0.3 is 0 Å². The molecule has 2 unspecified atom stereocenters. The first-order valence-corrected chi connectivity index (χ1v) is 12.6. The third-order valence-electron chi connectivity index (χ3n) is 5.92. The number of benzene rings is 1. The second kappa shape index (κ2) is 10.3. The highest BCUT2D eigenvalue weighted by Crippen LogP contribution is 2.27. The van der Waals surface area contributed by atoms with Crippen molar-refractivity contribution in [3.8, 4) is 17.0 Å². The van der Waals surface area contributed by atoms with Gasteiger partial charge in [-0.2, -0.15) is 0 Å². The van der Waals surface area contributed by atoms with Gasteiger partial charge in [-0.05, 0) is 49.4 Å². The highest BCUT2D eigenvalue weighted by Gasteiger charge is 2.47. The van der Waals surface area contributed by atoms with Gasteiger partial charge in [0.05, 0.1) is 11.5 Å². The first kappa shape index (κ1) is 26.0. The number of pyridine rings is 1. The van der Waals surface area contributed by atoms with Gasteiger partial charge in [0, 0.05) is 37.2 Å². The van der Waals surface area contributed by atoms with E-state index in [9.17, 15) is 31.5 Å². The van der Waals surface area contributed by atoms with Gasteiger partial charge in [0.15, 0.2) is 15.4 Å². The molecule has 3 rings (SSSR count). The molecule has 1 aliphatic rings. The first-order valence-electron chi connectivity index (χ1n) is 10.7. The van der Waals surface area contributed by atoms with Crippen LogP contribution in [-0.4, -0.2) is 73.5 Å². The van der Waals surface area contributed by atoms with Crippen LogP contribution < -0.4 is 4.74 Å². The molecule has 0 aliphatic carbocycles. The Kier molecular flexibility index (Phi) is 7.87. The molecule has 0 bridgehead atoms. The van der Waals surface area contributed by atoms with Crippen LogP contribution in [0, 0.1) is 5.92 Å². The number of hydrogen-bond donors (Lipinski definition) is 1. The minimum absolute atomic E-state index is 0.0720. The largest absolute Gasteiger partial charge is 0.477 e. The minimum atomic E-state index is -3.37. The summed E-state index contributed by atoms with van der Waals surface area (Å²) in [6.45, 7) is 1.31. The number of piperidine rings is 1. The lowest BCUT2D eigenvalue weighted by molar-refractivity contribution is -0.164. The summed E-state index contributed by atoms with van der Waals surface area (Å²) < 4.78 is 68.6. The van der Waals surface area contributed by atoms with Gasteiger partial charge in [0.25, 0.3) is 12.3 Å². The van der Waals surface area contributed by atoms with Crippen molar-refractivity contribution < 1.29 is 36.2 Å². The molecule has 0 radical (unpaired) electrons. The normalized spacial score (nSPS) is 17.9. The quantitative estimate of drug-likeness (QED) is 0.598. The Balaban J connectivity index is 1.49. The van der Waals surface area contributed by atoms with Gasteiger partial charge in [-0.1, -0.05) is 12.1 Å². The molecular formula is C23H27F3N2O5S. The van der Waals surface area contributed by atoms with Crippen molar-refractivity contribution in [2.45, 2.75) is 42.9 Å². The molecule has 1 aromatic carbocycles. The number of sulfone groups is 1. The van der Waals surface area contributed by atoms with Crippen LogP contribution in [0.15, 0.2) is 47.5 Å². The highest BCUT2D eigenvalue weighted by molar-refractivity contribution is 7.90. The predicted octanol–water partition coefficient (Wildman–Crippen LogP) is 3.12. The van der Waals surface area contributed by atoms with Crippen molar-refractivity contribution in [3.63, 3.8) is 0 Å². The maximum Gasteiger partial charge on any atom is 0.269 e. The molecule has 2 heterocycles. The number of aliphatic hydroxyl groups is 1. The van der Waals surface area contributed by atoms with Crippen molar-refractivity contribution in [2.75, 3.05) is 26.0 Å². The van der Waals surface area contributed by atoms with Crippen LogP contribution in [0.4, 0.5) is 13.2 Å². The molecule has 1 aliphatic heterocycles. The molecule has 0 spiro atoms. The second-order valence-electron chi connectivity index (χ2n) is 8.65. The monoisotopic (exact) mass is 500 g/mol. The summed E-state index contributed by atoms with van der Waals surface area (Å²) >= 11 is 0. The minimum Gasteiger partial charge on any atom is -0.477 e. The van der Waals surface area contributed by atoms with Gasteiger partial charge in [0.2, 0.25) is 12.1 Å². The first-order chi connectivity index (χ1) is 15.9. The number of halogens is 3. The van der Waals surface area contributed by atoms with E-state index in [-0.39, 0.29) is 23.9 Å². The molecular weight excluding hydrogens is 473 g/mol. The van der Waals surface area contributed by atoms with Crippen molar-refractivity contribution in [1.82, 2.24) is 9.88 Å². The molecule has 1 N–H and O–H groups in total.